The second kappa shape index (κ2) is 13.1. The van der Waals surface area contributed by atoms with Gasteiger partial charge in [-0.15, -0.1) is 0 Å². The third-order valence-corrected chi connectivity index (χ3v) is 7.59. The molecule has 11 heteroatoms. The lowest BCUT2D eigenvalue weighted by molar-refractivity contribution is -0.170. The van der Waals surface area contributed by atoms with Crippen molar-refractivity contribution < 1.29 is 34.8 Å². The SMILES string of the molecule is CCc1ncc(CN[C@@H]2C3CCCCC3[C@H]2c2ccc(Cl)cc2)cn1.O=C(O)CC(O)(CC(=O)O)C(=O)O. The van der Waals surface area contributed by atoms with Gasteiger partial charge in [0.15, 0.2) is 5.60 Å². The van der Waals surface area contributed by atoms with Crippen molar-refractivity contribution in [2.45, 2.75) is 76.0 Å². The Labute approximate surface area is 226 Å². The number of aliphatic hydroxyl groups is 1. The van der Waals surface area contributed by atoms with Crippen molar-refractivity contribution in [2.24, 2.45) is 11.8 Å². The van der Waals surface area contributed by atoms with Crippen molar-refractivity contribution in [1.82, 2.24) is 15.3 Å². The predicted octanol–water partition coefficient (Wildman–Crippen LogP) is 3.51. The standard InChI is InChI=1S/C21H26ClN3.C6H8O7/c1-2-19-23-11-14(12-24-19)13-25-21-18-6-4-3-5-17(18)20(21)15-7-9-16(22)10-8-15;7-3(8)1-6(13,5(11)12)2-4(9)10/h7-12,17-18,20-21,25H,2-6,13H2,1H3;13H,1-2H2,(H,7,8)(H,9,10)(H,11,12)/t17?,18?,20-,21-;/m1./s1. The van der Waals surface area contributed by atoms with Crippen LogP contribution in [0.3, 0.4) is 0 Å². The molecule has 10 nitrogen and oxygen atoms in total. The Balaban J connectivity index is 0.000000263. The number of fused-ring (bicyclic) bond motifs is 1. The highest BCUT2D eigenvalue weighted by Gasteiger charge is 2.50. The predicted molar refractivity (Wildman–Crippen MR) is 139 cm³/mol. The van der Waals surface area contributed by atoms with E-state index in [1.807, 2.05) is 24.5 Å². The Bertz CT molecular complexity index is 1090. The number of aryl methyl sites for hydroxylation is 1. The van der Waals surface area contributed by atoms with Gasteiger partial charge in [0.1, 0.15) is 5.82 Å². The number of carbonyl (C=O) groups is 3. The van der Waals surface area contributed by atoms with E-state index in [0.29, 0.717) is 12.0 Å². The van der Waals surface area contributed by atoms with E-state index in [4.69, 9.17) is 32.0 Å². The molecule has 4 rings (SSSR count). The zero-order chi connectivity index (χ0) is 27.9. The lowest BCUT2D eigenvalue weighted by atomic mass is 9.53. The highest BCUT2D eigenvalue weighted by atomic mass is 35.5. The number of rotatable bonds is 10. The van der Waals surface area contributed by atoms with Crippen molar-refractivity contribution in [1.29, 1.82) is 0 Å². The first-order chi connectivity index (χ1) is 18.0. The van der Waals surface area contributed by atoms with Gasteiger partial charge in [-0.3, -0.25) is 9.59 Å². The molecule has 1 heterocycles. The molecule has 2 aromatic rings. The van der Waals surface area contributed by atoms with E-state index in [0.717, 1.165) is 35.6 Å². The van der Waals surface area contributed by atoms with Gasteiger partial charge in [-0.2, -0.15) is 0 Å². The van der Waals surface area contributed by atoms with Crippen LogP contribution in [0.1, 0.15) is 68.3 Å². The molecule has 0 amide bonds. The molecule has 0 spiro atoms. The number of carboxylic acid groups (broad SMARTS) is 3. The molecule has 2 fully saturated rings. The molecule has 4 atom stereocenters. The van der Waals surface area contributed by atoms with Crippen LogP contribution in [0.5, 0.6) is 0 Å². The second-order valence-corrected chi connectivity index (χ2v) is 10.4. The van der Waals surface area contributed by atoms with Crippen molar-refractivity contribution in [3.05, 3.63) is 58.6 Å². The molecule has 1 aromatic heterocycles. The fourth-order valence-electron chi connectivity index (χ4n) is 5.49. The first-order valence-electron chi connectivity index (χ1n) is 12.7. The van der Waals surface area contributed by atoms with E-state index in [9.17, 15) is 14.4 Å². The van der Waals surface area contributed by atoms with E-state index in [1.165, 1.54) is 36.8 Å². The Morgan fingerprint density at radius 1 is 0.974 bits per heavy atom. The number of hydrogen-bond donors (Lipinski definition) is 5. The summed E-state index contributed by atoms with van der Waals surface area (Å²) >= 11 is 6.09. The number of hydrogen-bond acceptors (Lipinski definition) is 7. The summed E-state index contributed by atoms with van der Waals surface area (Å²) in [5, 5.41) is 38.5. The molecule has 38 heavy (non-hydrogen) atoms. The Morgan fingerprint density at radius 2 is 1.53 bits per heavy atom. The zero-order valence-corrected chi connectivity index (χ0v) is 22.0. The summed E-state index contributed by atoms with van der Waals surface area (Å²) < 4.78 is 0. The van der Waals surface area contributed by atoms with Crippen LogP contribution in [0.2, 0.25) is 5.02 Å². The second-order valence-electron chi connectivity index (χ2n) is 9.94. The van der Waals surface area contributed by atoms with Crippen molar-refractivity contribution >= 4 is 29.5 Å². The summed E-state index contributed by atoms with van der Waals surface area (Å²) in [5.41, 5.74) is -0.133. The van der Waals surface area contributed by atoms with Crippen LogP contribution in [0.25, 0.3) is 0 Å². The monoisotopic (exact) mass is 547 g/mol. The van der Waals surface area contributed by atoms with Crippen molar-refractivity contribution in [3.8, 4) is 0 Å². The summed E-state index contributed by atoms with van der Waals surface area (Å²) in [7, 11) is 0. The molecule has 2 aliphatic rings. The van der Waals surface area contributed by atoms with E-state index in [1.54, 1.807) is 0 Å². The number of halogens is 1. The molecule has 2 unspecified atom stereocenters. The molecule has 0 radical (unpaired) electrons. The summed E-state index contributed by atoms with van der Waals surface area (Å²) in [6, 6.07) is 9.04. The zero-order valence-electron chi connectivity index (χ0n) is 21.2. The van der Waals surface area contributed by atoms with Gasteiger partial charge in [0.05, 0.1) is 12.8 Å². The van der Waals surface area contributed by atoms with Crippen LogP contribution >= 0.6 is 11.6 Å². The van der Waals surface area contributed by atoms with E-state index in [2.05, 4.69) is 34.3 Å². The molecule has 2 aliphatic carbocycles. The van der Waals surface area contributed by atoms with Crippen molar-refractivity contribution in [2.75, 3.05) is 0 Å². The number of nitrogens with zero attached hydrogens (tertiary/aromatic N) is 2. The molecule has 0 bridgehead atoms. The molecule has 206 valence electrons. The van der Waals surface area contributed by atoms with Gasteiger partial charge in [0.2, 0.25) is 0 Å². The number of aromatic nitrogens is 2. The average Bonchev–Trinajstić information content (AvgIpc) is 2.85. The fourth-order valence-corrected chi connectivity index (χ4v) is 5.62. The minimum atomic E-state index is -2.74. The maximum Gasteiger partial charge on any atom is 0.336 e. The first kappa shape index (κ1) is 29.5. The average molecular weight is 548 g/mol. The minimum absolute atomic E-state index is 0.553. The molecular weight excluding hydrogens is 514 g/mol. The van der Waals surface area contributed by atoms with Crippen molar-refractivity contribution in [3.63, 3.8) is 0 Å². The highest BCUT2D eigenvalue weighted by molar-refractivity contribution is 6.30. The van der Waals surface area contributed by atoms with Gasteiger partial charge >= 0.3 is 17.9 Å². The molecule has 0 aliphatic heterocycles. The van der Waals surface area contributed by atoms with Crippen LogP contribution in [-0.2, 0) is 27.3 Å². The Morgan fingerprint density at radius 3 is 2.03 bits per heavy atom. The maximum absolute atomic E-state index is 10.3. The molecule has 2 saturated carbocycles. The third-order valence-electron chi connectivity index (χ3n) is 7.34. The maximum atomic E-state index is 10.3. The topological polar surface area (TPSA) is 170 Å². The minimum Gasteiger partial charge on any atom is -0.481 e. The number of benzene rings is 1. The van der Waals surface area contributed by atoms with Crippen LogP contribution in [0.15, 0.2) is 36.7 Å². The van der Waals surface area contributed by atoms with Gasteiger partial charge in [-0.05, 0) is 42.4 Å². The van der Waals surface area contributed by atoms with Gasteiger partial charge in [-0.1, -0.05) is 43.5 Å². The third kappa shape index (κ3) is 7.49. The lowest BCUT2D eigenvalue weighted by Crippen LogP contribution is -2.57. The first-order valence-corrected chi connectivity index (χ1v) is 13.1. The van der Waals surface area contributed by atoms with E-state index in [-0.39, 0.29) is 0 Å². The van der Waals surface area contributed by atoms with E-state index < -0.39 is 36.4 Å². The van der Waals surface area contributed by atoms with Crippen LogP contribution < -0.4 is 5.32 Å². The normalized spacial score (nSPS) is 22.3. The van der Waals surface area contributed by atoms with Gasteiger partial charge in [-0.25, -0.2) is 14.8 Å². The van der Waals surface area contributed by atoms with E-state index >= 15 is 0 Å². The smallest absolute Gasteiger partial charge is 0.336 e. The summed E-state index contributed by atoms with van der Waals surface area (Å²) in [4.78, 5) is 39.3. The Hall–Kier alpha value is -3.08. The summed E-state index contributed by atoms with van der Waals surface area (Å²) in [5.74, 6) is -1.86. The lowest BCUT2D eigenvalue weighted by Gasteiger charge is -2.55. The fraction of sp³-hybridized carbons (Fsp3) is 0.519. The number of aliphatic carboxylic acids is 3. The van der Waals surface area contributed by atoms with Crippen LogP contribution in [0, 0.1) is 11.8 Å². The summed E-state index contributed by atoms with van der Waals surface area (Å²) in [6.07, 6.45) is 8.01. The van der Waals surface area contributed by atoms with Gasteiger partial charge in [0.25, 0.3) is 0 Å². The summed E-state index contributed by atoms with van der Waals surface area (Å²) in [6.45, 7) is 2.93. The largest absolute Gasteiger partial charge is 0.481 e. The molecular formula is C27H34ClN3O7. The quantitative estimate of drug-likeness (QED) is 0.296. The van der Waals surface area contributed by atoms with Gasteiger partial charge in [0, 0.05) is 47.9 Å². The number of carboxylic acids is 3. The molecule has 1 aromatic carbocycles. The van der Waals surface area contributed by atoms with Crippen LogP contribution in [-0.4, -0.2) is 59.9 Å². The molecule has 0 saturated heterocycles. The van der Waals surface area contributed by atoms with Crippen LogP contribution in [0.4, 0.5) is 0 Å². The van der Waals surface area contributed by atoms with Gasteiger partial charge < -0.3 is 25.7 Å². The Kier molecular flexibility index (Phi) is 10.2. The molecule has 5 N–H and O–H groups in total. The highest BCUT2D eigenvalue weighted by Crippen LogP contribution is 2.54. The number of nitrogens with one attached hydrogen (secondary N) is 1.